The average Bonchev–Trinajstić information content (AvgIpc) is 3.04. The number of benzene rings is 1. The Morgan fingerprint density at radius 1 is 1.47 bits per heavy atom. The highest BCUT2D eigenvalue weighted by atomic mass is 32.2. The fraction of sp³-hybridized carbons (Fsp3) is 0.538. The van der Waals surface area contributed by atoms with Crippen molar-refractivity contribution in [2.75, 3.05) is 31.3 Å². The van der Waals surface area contributed by atoms with E-state index in [4.69, 9.17) is 5.73 Å². The van der Waals surface area contributed by atoms with Crippen LogP contribution in [0.2, 0.25) is 0 Å². The Balaban J connectivity index is 2.19. The van der Waals surface area contributed by atoms with Crippen molar-refractivity contribution in [3.8, 4) is 0 Å². The first-order valence-electron chi connectivity index (χ1n) is 6.39. The SMILES string of the molecule is CNS(=O)(=O)c1ccc(N(C)CC2CC2C)c(N)c1. The van der Waals surface area contributed by atoms with Crippen LogP contribution in [-0.4, -0.2) is 29.1 Å². The van der Waals surface area contributed by atoms with Crippen molar-refractivity contribution in [1.82, 2.24) is 4.72 Å². The molecule has 0 aromatic heterocycles. The molecule has 0 heterocycles. The van der Waals surface area contributed by atoms with Crippen molar-refractivity contribution in [2.45, 2.75) is 18.2 Å². The van der Waals surface area contributed by atoms with Gasteiger partial charge in [-0.2, -0.15) is 0 Å². The Bertz CT molecular complexity index is 571. The summed E-state index contributed by atoms with van der Waals surface area (Å²) < 4.78 is 25.7. The molecule has 0 bridgehead atoms. The lowest BCUT2D eigenvalue weighted by atomic mass is 10.2. The molecule has 1 aromatic carbocycles. The van der Waals surface area contributed by atoms with Crippen LogP contribution in [0.25, 0.3) is 0 Å². The monoisotopic (exact) mass is 283 g/mol. The van der Waals surface area contributed by atoms with Gasteiger partial charge in [-0.05, 0) is 43.5 Å². The molecular weight excluding hydrogens is 262 g/mol. The van der Waals surface area contributed by atoms with Crippen LogP contribution in [0.4, 0.5) is 11.4 Å². The van der Waals surface area contributed by atoms with E-state index in [2.05, 4.69) is 16.5 Å². The normalized spacial score (nSPS) is 22.3. The van der Waals surface area contributed by atoms with Crippen LogP contribution in [0.5, 0.6) is 0 Å². The molecule has 0 saturated heterocycles. The van der Waals surface area contributed by atoms with E-state index in [9.17, 15) is 8.42 Å². The molecule has 0 amide bonds. The fourth-order valence-electron chi connectivity index (χ4n) is 2.27. The topological polar surface area (TPSA) is 75.4 Å². The van der Waals surface area contributed by atoms with Crippen LogP contribution < -0.4 is 15.4 Å². The molecule has 19 heavy (non-hydrogen) atoms. The lowest BCUT2D eigenvalue weighted by Crippen LogP contribution is -2.23. The first kappa shape index (κ1) is 14.1. The van der Waals surface area contributed by atoms with Crippen LogP contribution in [0.15, 0.2) is 23.1 Å². The van der Waals surface area contributed by atoms with E-state index >= 15 is 0 Å². The van der Waals surface area contributed by atoms with Crippen molar-refractivity contribution < 1.29 is 8.42 Å². The van der Waals surface area contributed by atoms with E-state index in [0.717, 1.165) is 24.1 Å². The molecule has 1 aliphatic carbocycles. The van der Waals surface area contributed by atoms with E-state index in [-0.39, 0.29) is 4.90 Å². The largest absolute Gasteiger partial charge is 0.397 e. The number of anilines is 2. The summed E-state index contributed by atoms with van der Waals surface area (Å²) in [6.07, 6.45) is 1.26. The van der Waals surface area contributed by atoms with E-state index in [0.29, 0.717) is 5.69 Å². The maximum atomic E-state index is 11.7. The Hall–Kier alpha value is -1.27. The van der Waals surface area contributed by atoms with Gasteiger partial charge in [0.25, 0.3) is 0 Å². The third-order valence-electron chi connectivity index (χ3n) is 3.77. The highest BCUT2D eigenvalue weighted by Gasteiger charge is 2.33. The summed E-state index contributed by atoms with van der Waals surface area (Å²) in [6, 6.07) is 4.87. The third kappa shape index (κ3) is 3.01. The molecule has 5 nitrogen and oxygen atoms in total. The minimum absolute atomic E-state index is 0.199. The van der Waals surface area contributed by atoms with Crippen LogP contribution >= 0.6 is 0 Å². The summed E-state index contributed by atoms with van der Waals surface area (Å²) in [5, 5.41) is 0. The predicted molar refractivity (Wildman–Crippen MR) is 77.6 cm³/mol. The third-order valence-corrected chi connectivity index (χ3v) is 5.19. The number of nitrogens with one attached hydrogen (secondary N) is 1. The van der Waals surface area contributed by atoms with Gasteiger partial charge in [0.2, 0.25) is 10.0 Å². The van der Waals surface area contributed by atoms with Crippen molar-refractivity contribution in [1.29, 1.82) is 0 Å². The molecule has 1 aliphatic rings. The molecule has 2 atom stereocenters. The first-order valence-corrected chi connectivity index (χ1v) is 7.87. The second-order valence-electron chi connectivity index (χ2n) is 5.28. The zero-order valence-electron chi connectivity index (χ0n) is 11.6. The molecule has 0 aliphatic heterocycles. The molecule has 0 radical (unpaired) electrons. The lowest BCUT2D eigenvalue weighted by molar-refractivity contribution is 0.588. The Kier molecular flexibility index (Phi) is 3.73. The van der Waals surface area contributed by atoms with Crippen LogP contribution in [0.3, 0.4) is 0 Å². The van der Waals surface area contributed by atoms with Gasteiger partial charge in [0, 0.05) is 13.6 Å². The standard InChI is InChI=1S/C13H21N3O2S/c1-9-6-10(9)8-16(3)13-5-4-11(7-12(13)14)19(17,18)15-2/h4-5,7,9-10,15H,6,8,14H2,1-3H3. The Morgan fingerprint density at radius 3 is 2.58 bits per heavy atom. The van der Waals surface area contributed by atoms with E-state index in [1.807, 2.05) is 7.05 Å². The van der Waals surface area contributed by atoms with Gasteiger partial charge in [-0.3, -0.25) is 0 Å². The minimum atomic E-state index is -3.43. The molecule has 1 fully saturated rings. The molecule has 6 heteroatoms. The molecule has 2 unspecified atom stereocenters. The molecule has 106 valence electrons. The molecule has 3 N–H and O–H groups in total. The maximum Gasteiger partial charge on any atom is 0.240 e. The van der Waals surface area contributed by atoms with Gasteiger partial charge < -0.3 is 10.6 Å². The lowest BCUT2D eigenvalue weighted by Gasteiger charge is -2.21. The second-order valence-corrected chi connectivity index (χ2v) is 7.17. The van der Waals surface area contributed by atoms with Crippen LogP contribution in [-0.2, 0) is 10.0 Å². The second kappa shape index (κ2) is 5.02. The number of nitrogens with two attached hydrogens (primary N) is 1. The van der Waals surface area contributed by atoms with Gasteiger partial charge in [-0.25, -0.2) is 13.1 Å². The van der Waals surface area contributed by atoms with E-state index in [1.54, 1.807) is 12.1 Å². The summed E-state index contributed by atoms with van der Waals surface area (Å²) in [6.45, 7) is 3.20. The van der Waals surface area contributed by atoms with Gasteiger partial charge >= 0.3 is 0 Å². The van der Waals surface area contributed by atoms with E-state index < -0.39 is 10.0 Å². The quantitative estimate of drug-likeness (QED) is 0.798. The van der Waals surface area contributed by atoms with Gasteiger partial charge in [0.05, 0.1) is 16.3 Å². The molecule has 0 spiro atoms. The van der Waals surface area contributed by atoms with Crippen LogP contribution in [0.1, 0.15) is 13.3 Å². The number of hydrogen-bond donors (Lipinski definition) is 2. The van der Waals surface area contributed by atoms with Crippen molar-refractivity contribution in [3.05, 3.63) is 18.2 Å². The summed E-state index contributed by atoms with van der Waals surface area (Å²) in [7, 11) is -0.0532. The van der Waals surface area contributed by atoms with Crippen molar-refractivity contribution in [3.63, 3.8) is 0 Å². The zero-order chi connectivity index (χ0) is 14.2. The number of sulfonamides is 1. The fourth-order valence-corrected chi connectivity index (χ4v) is 3.03. The smallest absolute Gasteiger partial charge is 0.240 e. The number of hydrogen-bond acceptors (Lipinski definition) is 4. The first-order chi connectivity index (χ1) is 8.85. The Morgan fingerprint density at radius 2 is 2.11 bits per heavy atom. The Labute approximate surface area is 114 Å². The summed E-state index contributed by atoms with van der Waals surface area (Å²) in [5.41, 5.74) is 7.35. The summed E-state index contributed by atoms with van der Waals surface area (Å²) in [4.78, 5) is 2.30. The van der Waals surface area contributed by atoms with Gasteiger partial charge in [0.1, 0.15) is 0 Å². The summed E-state index contributed by atoms with van der Waals surface area (Å²) in [5.74, 6) is 1.51. The molecule has 1 aromatic rings. The highest BCUT2D eigenvalue weighted by Crippen LogP contribution is 2.39. The van der Waals surface area contributed by atoms with Crippen LogP contribution in [0, 0.1) is 11.8 Å². The maximum absolute atomic E-state index is 11.7. The van der Waals surface area contributed by atoms with Crippen molar-refractivity contribution >= 4 is 21.4 Å². The number of rotatable bonds is 5. The van der Waals surface area contributed by atoms with Gasteiger partial charge in [-0.15, -0.1) is 0 Å². The predicted octanol–water partition coefficient (Wildman–Crippen LogP) is 1.27. The molecule has 2 rings (SSSR count). The minimum Gasteiger partial charge on any atom is -0.397 e. The number of nitrogen functional groups attached to an aromatic ring is 1. The number of nitrogens with zero attached hydrogens (tertiary/aromatic N) is 1. The van der Waals surface area contributed by atoms with Gasteiger partial charge in [0.15, 0.2) is 0 Å². The molecular formula is C13H21N3O2S. The van der Waals surface area contributed by atoms with Crippen molar-refractivity contribution in [2.24, 2.45) is 11.8 Å². The zero-order valence-corrected chi connectivity index (χ0v) is 12.4. The summed E-state index contributed by atoms with van der Waals surface area (Å²) >= 11 is 0. The average molecular weight is 283 g/mol. The highest BCUT2D eigenvalue weighted by molar-refractivity contribution is 7.89. The van der Waals surface area contributed by atoms with E-state index in [1.165, 1.54) is 19.5 Å². The van der Waals surface area contributed by atoms with Gasteiger partial charge in [-0.1, -0.05) is 6.92 Å². The molecule has 1 saturated carbocycles.